The molecule has 3 rings (SSSR count). The Morgan fingerprint density at radius 1 is 1.55 bits per heavy atom. The fourth-order valence-corrected chi connectivity index (χ4v) is 3.99. The monoisotopic (exact) mass is 336 g/mol. The molecule has 0 saturated carbocycles. The largest absolute Gasteiger partial charge is 0.351 e. The van der Waals surface area contributed by atoms with Crippen molar-refractivity contribution in [2.75, 3.05) is 11.4 Å². The van der Waals surface area contributed by atoms with E-state index in [2.05, 4.69) is 44.0 Å². The van der Waals surface area contributed by atoms with Crippen molar-refractivity contribution < 1.29 is 0 Å². The van der Waals surface area contributed by atoms with Gasteiger partial charge in [0.05, 0.1) is 6.04 Å². The summed E-state index contributed by atoms with van der Waals surface area (Å²) >= 11 is 7.30. The first-order valence-electron chi connectivity index (χ1n) is 7.31. The van der Waals surface area contributed by atoms with Crippen LogP contribution in [0.4, 0.5) is 5.00 Å². The minimum absolute atomic E-state index is 0.130. The van der Waals surface area contributed by atoms with Crippen molar-refractivity contribution in [3.8, 4) is 6.07 Å². The topological polar surface area (TPSA) is 70.6 Å². The molecule has 1 aliphatic rings. The molecule has 116 valence electrons. The van der Waals surface area contributed by atoms with Gasteiger partial charge in [-0.15, -0.1) is 10.2 Å². The van der Waals surface area contributed by atoms with E-state index in [-0.39, 0.29) is 11.2 Å². The number of aromatic nitrogens is 4. The Hall–Kier alpha value is -1.65. The minimum Gasteiger partial charge on any atom is -0.351 e. The van der Waals surface area contributed by atoms with Crippen molar-refractivity contribution in [1.82, 2.24) is 19.1 Å². The zero-order chi connectivity index (χ0) is 15.7. The normalized spacial score (nSPS) is 18.1. The molecule has 0 amide bonds. The number of rotatable bonds is 4. The van der Waals surface area contributed by atoms with Crippen molar-refractivity contribution in [1.29, 1.82) is 5.26 Å². The van der Waals surface area contributed by atoms with Crippen LogP contribution in [0.25, 0.3) is 0 Å². The molecule has 0 bridgehead atoms. The van der Waals surface area contributed by atoms with E-state index in [1.807, 2.05) is 0 Å². The Morgan fingerprint density at radius 2 is 2.36 bits per heavy atom. The van der Waals surface area contributed by atoms with Crippen LogP contribution in [0.1, 0.15) is 44.1 Å². The summed E-state index contributed by atoms with van der Waals surface area (Å²) in [4.78, 5) is 2.20. The van der Waals surface area contributed by atoms with Gasteiger partial charge in [0.1, 0.15) is 23.0 Å². The highest BCUT2D eigenvalue weighted by atomic mass is 35.5. The molecule has 0 aromatic carbocycles. The lowest BCUT2D eigenvalue weighted by Crippen LogP contribution is -2.25. The summed E-state index contributed by atoms with van der Waals surface area (Å²) < 4.78 is 6.23. The molecule has 3 heterocycles. The lowest BCUT2D eigenvalue weighted by Gasteiger charge is -2.25. The Bertz CT molecular complexity index is 700. The summed E-state index contributed by atoms with van der Waals surface area (Å²) in [5, 5.41) is 18.8. The van der Waals surface area contributed by atoms with Crippen molar-refractivity contribution in [2.24, 2.45) is 5.92 Å². The van der Waals surface area contributed by atoms with Crippen LogP contribution in [0.3, 0.4) is 0 Å². The minimum atomic E-state index is 0.130. The second kappa shape index (κ2) is 6.23. The lowest BCUT2D eigenvalue weighted by atomic mass is 10.2. The third-order valence-corrected chi connectivity index (χ3v) is 5.02. The van der Waals surface area contributed by atoms with Gasteiger partial charge in [-0.3, -0.25) is 0 Å². The molecule has 0 spiro atoms. The standard InChI is InChI=1S/C14H17ClN6S/c1-9(2)7-20-8-17-18-13(20)11-4-3-5-21(11)14-10(6-16)12(15)19-22-14/h8-9,11H,3-5,7H2,1-2H3. The SMILES string of the molecule is CC(C)Cn1cnnc1C1CCCN1c1snc(Cl)c1C#N. The number of anilines is 1. The third kappa shape index (κ3) is 2.69. The van der Waals surface area contributed by atoms with Gasteiger partial charge in [-0.25, -0.2) is 0 Å². The van der Waals surface area contributed by atoms with Gasteiger partial charge in [-0.05, 0) is 30.3 Å². The van der Waals surface area contributed by atoms with E-state index in [1.54, 1.807) is 6.33 Å². The molecule has 1 aliphatic heterocycles. The second-order valence-electron chi connectivity index (χ2n) is 5.85. The maximum absolute atomic E-state index is 9.31. The average Bonchev–Trinajstić information content (AvgIpc) is 3.16. The van der Waals surface area contributed by atoms with E-state index in [1.165, 1.54) is 11.5 Å². The predicted octanol–water partition coefficient (Wildman–Crippen LogP) is 3.26. The summed E-state index contributed by atoms with van der Waals surface area (Å²) in [6.07, 6.45) is 3.84. The van der Waals surface area contributed by atoms with Crippen molar-refractivity contribution in [3.05, 3.63) is 22.9 Å². The first-order valence-corrected chi connectivity index (χ1v) is 8.46. The van der Waals surface area contributed by atoms with Gasteiger partial charge in [-0.2, -0.15) is 9.64 Å². The summed E-state index contributed by atoms with van der Waals surface area (Å²) in [6.45, 7) is 6.12. The van der Waals surface area contributed by atoms with Gasteiger partial charge in [0.25, 0.3) is 0 Å². The van der Waals surface area contributed by atoms with Crippen LogP contribution < -0.4 is 4.90 Å². The van der Waals surface area contributed by atoms with E-state index < -0.39 is 0 Å². The number of nitrogens with zero attached hydrogens (tertiary/aromatic N) is 6. The van der Waals surface area contributed by atoms with Crippen LogP contribution in [0.5, 0.6) is 0 Å². The second-order valence-corrected chi connectivity index (χ2v) is 6.96. The number of halogens is 1. The van der Waals surface area contributed by atoms with Crippen LogP contribution in [0.2, 0.25) is 5.15 Å². The summed E-state index contributed by atoms with van der Waals surface area (Å²) in [7, 11) is 0. The molecule has 22 heavy (non-hydrogen) atoms. The van der Waals surface area contributed by atoms with Crippen molar-refractivity contribution >= 4 is 28.1 Å². The Labute approximate surface area is 138 Å². The average molecular weight is 337 g/mol. The molecule has 1 fully saturated rings. The van der Waals surface area contributed by atoms with Gasteiger partial charge in [-0.1, -0.05) is 25.4 Å². The highest BCUT2D eigenvalue weighted by Gasteiger charge is 2.33. The zero-order valence-electron chi connectivity index (χ0n) is 12.5. The molecule has 1 saturated heterocycles. The Kier molecular flexibility index (Phi) is 4.32. The van der Waals surface area contributed by atoms with E-state index in [0.717, 1.165) is 36.8 Å². The molecule has 2 aromatic rings. The van der Waals surface area contributed by atoms with Gasteiger partial charge < -0.3 is 9.47 Å². The van der Waals surface area contributed by atoms with Gasteiger partial charge in [0, 0.05) is 13.1 Å². The molecule has 0 N–H and O–H groups in total. The van der Waals surface area contributed by atoms with Crippen LogP contribution in [-0.2, 0) is 6.54 Å². The maximum atomic E-state index is 9.31. The first-order chi connectivity index (χ1) is 10.6. The van der Waals surface area contributed by atoms with E-state index in [9.17, 15) is 5.26 Å². The fraction of sp³-hybridized carbons (Fsp3) is 0.571. The predicted molar refractivity (Wildman–Crippen MR) is 86.0 cm³/mol. The molecule has 1 atom stereocenters. The number of hydrogen-bond acceptors (Lipinski definition) is 6. The molecular formula is C14H17ClN6S. The van der Waals surface area contributed by atoms with Crippen LogP contribution in [0, 0.1) is 17.2 Å². The lowest BCUT2D eigenvalue weighted by molar-refractivity contribution is 0.488. The maximum Gasteiger partial charge on any atom is 0.162 e. The molecule has 0 aliphatic carbocycles. The van der Waals surface area contributed by atoms with E-state index >= 15 is 0 Å². The smallest absolute Gasteiger partial charge is 0.162 e. The van der Waals surface area contributed by atoms with Crippen molar-refractivity contribution in [3.63, 3.8) is 0 Å². The number of hydrogen-bond donors (Lipinski definition) is 0. The van der Waals surface area contributed by atoms with Gasteiger partial charge in [0.15, 0.2) is 11.0 Å². The summed E-state index contributed by atoms with van der Waals surface area (Å²) in [5.41, 5.74) is 0.466. The van der Waals surface area contributed by atoms with Crippen molar-refractivity contribution in [2.45, 2.75) is 39.3 Å². The van der Waals surface area contributed by atoms with E-state index in [0.29, 0.717) is 11.5 Å². The first kappa shape index (κ1) is 15.3. The Morgan fingerprint density at radius 3 is 3.09 bits per heavy atom. The summed E-state index contributed by atoms with van der Waals surface area (Å²) in [5.74, 6) is 1.48. The van der Waals surface area contributed by atoms with Crippen LogP contribution >= 0.6 is 23.1 Å². The van der Waals surface area contributed by atoms with Gasteiger partial charge in [0.2, 0.25) is 0 Å². The van der Waals surface area contributed by atoms with Gasteiger partial charge >= 0.3 is 0 Å². The Balaban J connectivity index is 1.94. The number of nitriles is 1. The van der Waals surface area contributed by atoms with Crippen LogP contribution in [0.15, 0.2) is 6.33 Å². The van der Waals surface area contributed by atoms with Crippen LogP contribution in [-0.4, -0.2) is 25.7 Å². The molecular weight excluding hydrogens is 320 g/mol. The molecule has 6 nitrogen and oxygen atoms in total. The third-order valence-electron chi connectivity index (χ3n) is 3.76. The zero-order valence-corrected chi connectivity index (χ0v) is 14.1. The fourth-order valence-electron chi connectivity index (χ4n) is 2.89. The van der Waals surface area contributed by atoms with E-state index in [4.69, 9.17) is 11.6 Å². The molecule has 0 radical (unpaired) electrons. The highest BCUT2D eigenvalue weighted by Crippen LogP contribution is 2.41. The quantitative estimate of drug-likeness (QED) is 0.857. The molecule has 1 unspecified atom stereocenters. The summed E-state index contributed by atoms with van der Waals surface area (Å²) in [6, 6.07) is 2.29. The molecule has 8 heteroatoms. The molecule has 2 aromatic heterocycles. The highest BCUT2D eigenvalue weighted by molar-refractivity contribution is 7.10.